The molecule has 1 heterocycles. The molecule has 0 unspecified atom stereocenters. The van der Waals surface area contributed by atoms with Crippen molar-refractivity contribution in [2.45, 2.75) is 0 Å². The van der Waals surface area contributed by atoms with Gasteiger partial charge in [-0.05, 0) is 30.3 Å². The Kier molecular flexibility index (Phi) is 3.59. The molecule has 106 valence electrons. The highest BCUT2D eigenvalue weighted by molar-refractivity contribution is 6.36. The Hall–Kier alpha value is -2.01. The van der Waals surface area contributed by atoms with Crippen molar-refractivity contribution in [3.8, 4) is 11.1 Å². The van der Waals surface area contributed by atoms with E-state index in [2.05, 4.69) is 5.43 Å². The lowest BCUT2D eigenvalue weighted by Crippen LogP contribution is -2.07. The maximum absolute atomic E-state index is 12.2. The first-order valence-electron chi connectivity index (χ1n) is 6.08. The lowest BCUT2D eigenvalue weighted by atomic mass is 10.1. The molecule has 0 spiro atoms. The molecule has 2 aromatic carbocycles. The molecule has 21 heavy (non-hydrogen) atoms. The molecule has 0 amide bonds. The maximum atomic E-state index is 12.2. The molecule has 0 bridgehead atoms. The zero-order chi connectivity index (χ0) is 15.0. The highest BCUT2D eigenvalue weighted by atomic mass is 35.5. The van der Waals surface area contributed by atoms with E-state index >= 15 is 0 Å². The van der Waals surface area contributed by atoms with Gasteiger partial charge in [0, 0.05) is 22.0 Å². The third kappa shape index (κ3) is 2.61. The van der Waals surface area contributed by atoms with Crippen molar-refractivity contribution in [3.63, 3.8) is 0 Å². The second kappa shape index (κ2) is 5.41. The van der Waals surface area contributed by atoms with E-state index < -0.39 is 5.63 Å². The smallest absolute Gasteiger partial charge is 0.344 e. The van der Waals surface area contributed by atoms with Crippen molar-refractivity contribution in [2.75, 3.05) is 5.43 Å². The third-order valence-electron chi connectivity index (χ3n) is 3.12. The average Bonchev–Trinajstić information content (AvgIpc) is 2.46. The van der Waals surface area contributed by atoms with Gasteiger partial charge in [-0.15, -0.1) is 0 Å². The van der Waals surface area contributed by atoms with Crippen LogP contribution in [0.3, 0.4) is 0 Å². The van der Waals surface area contributed by atoms with Gasteiger partial charge < -0.3 is 9.84 Å². The SMILES string of the molecule is NNc1ccc2cc(-c3ccc(Cl)cc3Cl)c(=O)oc2c1. The van der Waals surface area contributed by atoms with Gasteiger partial charge in [-0.1, -0.05) is 29.3 Å². The summed E-state index contributed by atoms with van der Waals surface area (Å²) in [6.45, 7) is 0. The number of rotatable bonds is 2. The molecule has 3 N–H and O–H groups in total. The molecule has 0 saturated heterocycles. The summed E-state index contributed by atoms with van der Waals surface area (Å²) in [6, 6.07) is 11.9. The fourth-order valence-corrected chi connectivity index (χ4v) is 2.61. The zero-order valence-corrected chi connectivity index (χ0v) is 12.2. The molecule has 0 saturated carbocycles. The lowest BCUT2D eigenvalue weighted by molar-refractivity contribution is 0.563. The monoisotopic (exact) mass is 320 g/mol. The van der Waals surface area contributed by atoms with Crippen LogP contribution in [0.15, 0.2) is 51.7 Å². The van der Waals surface area contributed by atoms with Gasteiger partial charge in [-0.25, -0.2) is 4.79 Å². The number of halogens is 2. The van der Waals surface area contributed by atoms with Crippen LogP contribution in [0, 0.1) is 0 Å². The van der Waals surface area contributed by atoms with Gasteiger partial charge in [0.25, 0.3) is 0 Å². The molecule has 0 aliphatic rings. The number of nitrogens with one attached hydrogen (secondary N) is 1. The van der Waals surface area contributed by atoms with E-state index in [1.54, 1.807) is 42.5 Å². The topological polar surface area (TPSA) is 68.3 Å². The van der Waals surface area contributed by atoms with E-state index in [4.69, 9.17) is 33.5 Å². The van der Waals surface area contributed by atoms with Crippen molar-refractivity contribution in [1.29, 1.82) is 0 Å². The van der Waals surface area contributed by atoms with Crippen molar-refractivity contribution < 1.29 is 4.42 Å². The van der Waals surface area contributed by atoms with E-state index in [0.717, 1.165) is 5.39 Å². The molecule has 4 nitrogen and oxygen atoms in total. The van der Waals surface area contributed by atoms with E-state index in [1.807, 2.05) is 0 Å². The predicted molar refractivity (Wildman–Crippen MR) is 85.8 cm³/mol. The number of benzene rings is 2. The average molecular weight is 321 g/mol. The first-order chi connectivity index (χ1) is 10.1. The number of hydrogen-bond acceptors (Lipinski definition) is 4. The van der Waals surface area contributed by atoms with Crippen molar-refractivity contribution in [3.05, 3.63) is 62.9 Å². The summed E-state index contributed by atoms with van der Waals surface area (Å²) in [5.74, 6) is 5.33. The summed E-state index contributed by atoms with van der Waals surface area (Å²) in [6.07, 6.45) is 0. The van der Waals surface area contributed by atoms with Crippen molar-refractivity contribution in [2.24, 2.45) is 5.84 Å². The number of hydrazine groups is 1. The van der Waals surface area contributed by atoms with Gasteiger partial charge in [-0.3, -0.25) is 5.84 Å². The van der Waals surface area contributed by atoms with Gasteiger partial charge in [-0.2, -0.15) is 0 Å². The maximum Gasteiger partial charge on any atom is 0.344 e. The van der Waals surface area contributed by atoms with Crippen LogP contribution in [0.1, 0.15) is 0 Å². The Balaban J connectivity index is 2.24. The molecule has 1 aromatic heterocycles. The normalized spacial score (nSPS) is 10.8. The molecule has 6 heteroatoms. The molecule has 0 aliphatic heterocycles. The summed E-state index contributed by atoms with van der Waals surface area (Å²) in [5.41, 5.74) is 4.10. The number of nitrogen functional groups attached to an aromatic ring is 1. The summed E-state index contributed by atoms with van der Waals surface area (Å²) in [4.78, 5) is 12.2. The van der Waals surface area contributed by atoms with Gasteiger partial charge in [0.05, 0.1) is 16.3 Å². The fraction of sp³-hybridized carbons (Fsp3) is 0. The minimum absolute atomic E-state index is 0.387. The Labute approximate surface area is 130 Å². The van der Waals surface area contributed by atoms with E-state index in [-0.39, 0.29) is 0 Å². The van der Waals surface area contributed by atoms with Crippen LogP contribution in [0.25, 0.3) is 22.1 Å². The summed E-state index contributed by atoms with van der Waals surface area (Å²) in [5, 5.41) is 1.68. The first-order valence-corrected chi connectivity index (χ1v) is 6.84. The summed E-state index contributed by atoms with van der Waals surface area (Å²) < 4.78 is 5.33. The van der Waals surface area contributed by atoms with Crippen LogP contribution in [0.2, 0.25) is 10.0 Å². The largest absolute Gasteiger partial charge is 0.422 e. The zero-order valence-electron chi connectivity index (χ0n) is 10.7. The van der Waals surface area contributed by atoms with Gasteiger partial charge in [0.1, 0.15) is 5.58 Å². The molecule has 3 rings (SSSR count). The van der Waals surface area contributed by atoms with Crippen LogP contribution in [-0.4, -0.2) is 0 Å². The van der Waals surface area contributed by atoms with Crippen LogP contribution in [-0.2, 0) is 0 Å². The molecule has 0 aliphatic carbocycles. The highest BCUT2D eigenvalue weighted by Crippen LogP contribution is 2.30. The Bertz CT molecular complexity index is 890. The van der Waals surface area contributed by atoms with Crippen LogP contribution >= 0.6 is 23.2 Å². The van der Waals surface area contributed by atoms with E-state index in [9.17, 15) is 4.79 Å². The summed E-state index contributed by atoms with van der Waals surface area (Å²) in [7, 11) is 0. The number of nitrogens with two attached hydrogens (primary N) is 1. The minimum Gasteiger partial charge on any atom is -0.422 e. The van der Waals surface area contributed by atoms with Crippen LogP contribution in [0.5, 0.6) is 0 Å². The van der Waals surface area contributed by atoms with Gasteiger partial charge >= 0.3 is 5.63 Å². The minimum atomic E-state index is -0.471. The molecule has 0 atom stereocenters. The summed E-state index contributed by atoms with van der Waals surface area (Å²) >= 11 is 12.0. The standard InChI is InChI=1S/C15H10Cl2N2O2/c16-9-2-4-11(13(17)6-9)12-5-8-1-3-10(19-18)7-14(8)21-15(12)20/h1-7,19H,18H2. The van der Waals surface area contributed by atoms with E-state index in [0.29, 0.717) is 32.4 Å². The number of hydrogen-bond donors (Lipinski definition) is 2. The Morgan fingerprint density at radius 2 is 1.81 bits per heavy atom. The van der Waals surface area contributed by atoms with Gasteiger partial charge in [0.15, 0.2) is 0 Å². The van der Waals surface area contributed by atoms with Crippen LogP contribution < -0.4 is 16.9 Å². The quantitative estimate of drug-likeness (QED) is 0.424. The first kappa shape index (κ1) is 13.9. The van der Waals surface area contributed by atoms with Crippen molar-refractivity contribution >= 4 is 39.9 Å². The second-order valence-electron chi connectivity index (χ2n) is 4.47. The second-order valence-corrected chi connectivity index (χ2v) is 5.31. The molecular weight excluding hydrogens is 311 g/mol. The van der Waals surface area contributed by atoms with Crippen LogP contribution in [0.4, 0.5) is 5.69 Å². The van der Waals surface area contributed by atoms with E-state index in [1.165, 1.54) is 0 Å². The lowest BCUT2D eigenvalue weighted by Gasteiger charge is -2.06. The van der Waals surface area contributed by atoms with Crippen molar-refractivity contribution in [1.82, 2.24) is 0 Å². The highest BCUT2D eigenvalue weighted by Gasteiger charge is 2.11. The fourth-order valence-electron chi connectivity index (χ4n) is 2.10. The third-order valence-corrected chi connectivity index (χ3v) is 3.67. The number of fused-ring (bicyclic) bond motifs is 1. The predicted octanol–water partition coefficient (Wildman–Crippen LogP) is 4.05. The molecular formula is C15H10Cl2N2O2. The Morgan fingerprint density at radius 1 is 1.00 bits per heavy atom. The molecule has 0 radical (unpaired) electrons. The molecule has 3 aromatic rings. The van der Waals surface area contributed by atoms with Gasteiger partial charge in [0.2, 0.25) is 0 Å². The Morgan fingerprint density at radius 3 is 2.52 bits per heavy atom. The number of anilines is 1. The molecule has 0 fully saturated rings.